The molecule has 0 saturated heterocycles. The Morgan fingerprint density at radius 3 is 2.45 bits per heavy atom. The van der Waals surface area contributed by atoms with Crippen LogP contribution >= 0.6 is 0 Å². The van der Waals surface area contributed by atoms with Crippen LogP contribution in [0.4, 0.5) is 5.69 Å². The summed E-state index contributed by atoms with van der Waals surface area (Å²) in [4.78, 5) is 24.7. The van der Waals surface area contributed by atoms with Gasteiger partial charge in [0, 0.05) is 24.2 Å². The summed E-state index contributed by atoms with van der Waals surface area (Å²) in [5.41, 5.74) is 4.27. The lowest BCUT2D eigenvalue weighted by atomic mass is 10.1. The Morgan fingerprint density at radius 2 is 1.71 bits per heavy atom. The molecule has 1 aliphatic heterocycles. The van der Waals surface area contributed by atoms with Crippen molar-refractivity contribution in [2.45, 2.75) is 19.4 Å². The van der Waals surface area contributed by atoms with Crippen molar-refractivity contribution in [2.24, 2.45) is 0 Å². The highest BCUT2D eigenvalue weighted by Crippen LogP contribution is 2.28. The summed E-state index contributed by atoms with van der Waals surface area (Å²) < 4.78 is 10.6. The topological polar surface area (TPSA) is 76.7 Å². The van der Waals surface area contributed by atoms with Gasteiger partial charge >= 0.3 is 0 Å². The van der Waals surface area contributed by atoms with Crippen LogP contribution in [0.1, 0.15) is 27.0 Å². The van der Waals surface area contributed by atoms with Crippen LogP contribution in [0.3, 0.4) is 0 Å². The zero-order chi connectivity index (χ0) is 21.6. The first-order chi connectivity index (χ1) is 15.1. The quantitative estimate of drug-likeness (QED) is 0.615. The standard InChI is InChI=1S/C25H24N2O4/c1-30-22-9-4-17(5-10-22)14-24(28)26-16-18-2-6-19(7-3-18)25(29)27-21-8-11-23-20(15-21)12-13-31-23/h2-11,15H,12-14,16H2,1H3,(H,26,28)(H,27,29). The van der Waals surface area contributed by atoms with E-state index in [0.717, 1.165) is 40.3 Å². The van der Waals surface area contributed by atoms with Gasteiger partial charge in [-0.15, -0.1) is 0 Å². The summed E-state index contributed by atoms with van der Waals surface area (Å²) in [6.45, 7) is 1.09. The predicted octanol–water partition coefficient (Wildman–Crippen LogP) is 3.74. The molecule has 2 N–H and O–H groups in total. The number of hydrogen-bond donors (Lipinski definition) is 2. The maximum absolute atomic E-state index is 12.5. The van der Waals surface area contributed by atoms with E-state index in [4.69, 9.17) is 9.47 Å². The molecule has 2 amide bonds. The van der Waals surface area contributed by atoms with Crippen LogP contribution in [-0.2, 0) is 24.2 Å². The van der Waals surface area contributed by atoms with Crippen LogP contribution < -0.4 is 20.1 Å². The molecule has 3 aromatic rings. The van der Waals surface area contributed by atoms with Crippen LogP contribution in [-0.4, -0.2) is 25.5 Å². The monoisotopic (exact) mass is 416 g/mol. The minimum atomic E-state index is -0.172. The zero-order valence-electron chi connectivity index (χ0n) is 17.3. The number of hydrogen-bond acceptors (Lipinski definition) is 4. The first-order valence-electron chi connectivity index (χ1n) is 10.2. The molecule has 0 fully saturated rings. The van der Waals surface area contributed by atoms with E-state index in [0.29, 0.717) is 25.1 Å². The average Bonchev–Trinajstić information content (AvgIpc) is 3.26. The smallest absolute Gasteiger partial charge is 0.255 e. The molecule has 1 aliphatic rings. The van der Waals surface area contributed by atoms with E-state index in [9.17, 15) is 9.59 Å². The molecule has 3 aromatic carbocycles. The molecule has 0 saturated carbocycles. The van der Waals surface area contributed by atoms with Gasteiger partial charge < -0.3 is 20.1 Å². The highest BCUT2D eigenvalue weighted by molar-refractivity contribution is 6.04. The average molecular weight is 416 g/mol. The maximum Gasteiger partial charge on any atom is 0.255 e. The van der Waals surface area contributed by atoms with Crippen molar-refractivity contribution in [3.8, 4) is 11.5 Å². The summed E-state index contributed by atoms with van der Waals surface area (Å²) in [5, 5.41) is 5.83. The van der Waals surface area contributed by atoms with Gasteiger partial charge in [-0.05, 0) is 59.2 Å². The summed E-state index contributed by atoms with van der Waals surface area (Å²) >= 11 is 0. The molecular formula is C25H24N2O4. The summed E-state index contributed by atoms with van der Waals surface area (Å²) in [6, 6.07) is 20.3. The number of ether oxygens (including phenoxy) is 2. The Kier molecular flexibility index (Phi) is 6.17. The molecule has 6 nitrogen and oxygen atoms in total. The fourth-order valence-electron chi connectivity index (χ4n) is 3.43. The molecule has 0 atom stereocenters. The van der Waals surface area contributed by atoms with E-state index in [1.807, 2.05) is 54.6 Å². The molecule has 0 unspecified atom stereocenters. The van der Waals surface area contributed by atoms with Crippen LogP contribution in [0.5, 0.6) is 11.5 Å². The van der Waals surface area contributed by atoms with E-state index in [-0.39, 0.29) is 11.8 Å². The van der Waals surface area contributed by atoms with Crippen LogP contribution in [0.2, 0.25) is 0 Å². The number of benzene rings is 3. The lowest BCUT2D eigenvalue weighted by molar-refractivity contribution is -0.120. The number of rotatable bonds is 7. The van der Waals surface area contributed by atoms with Gasteiger partial charge in [0.15, 0.2) is 0 Å². The Hall–Kier alpha value is -3.80. The molecule has 0 aromatic heterocycles. The van der Waals surface area contributed by atoms with Crippen LogP contribution in [0.25, 0.3) is 0 Å². The number of anilines is 1. The van der Waals surface area contributed by atoms with Gasteiger partial charge in [0.2, 0.25) is 5.91 Å². The Bertz CT molecular complexity index is 1080. The number of fused-ring (bicyclic) bond motifs is 1. The molecule has 4 rings (SSSR count). The second-order valence-corrected chi connectivity index (χ2v) is 7.37. The Morgan fingerprint density at radius 1 is 0.968 bits per heavy atom. The second kappa shape index (κ2) is 9.34. The predicted molar refractivity (Wildman–Crippen MR) is 119 cm³/mol. The van der Waals surface area contributed by atoms with E-state index >= 15 is 0 Å². The van der Waals surface area contributed by atoms with Gasteiger partial charge in [-0.2, -0.15) is 0 Å². The lowest BCUT2D eigenvalue weighted by Gasteiger charge is -2.09. The lowest BCUT2D eigenvalue weighted by Crippen LogP contribution is -2.24. The minimum absolute atomic E-state index is 0.0624. The number of amides is 2. The number of carbonyl (C=O) groups excluding carboxylic acids is 2. The Balaban J connectivity index is 1.28. The molecule has 31 heavy (non-hydrogen) atoms. The molecule has 0 spiro atoms. The van der Waals surface area contributed by atoms with E-state index in [1.54, 1.807) is 19.2 Å². The first kappa shape index (κ1) is 20.5. The summed E-state index contributed by atoms with van der Waals surface area (Å²) in [7, 11) is 1.61. The normalized spacial score (nSPS) is 11.9. The molecule has 1 heterocycles. The molecule has 0 bridgehead atoms. The highest BCUT2D eigenvalue weighted by atomic mass is 16.5. The van der Waals surface area contributed by atoms with Crippen molar-refractivity contribution in [1.29, 1.82) is 0 Å². The van der Waals surface area contributed by atoms with E-state index in [1.165, 1.54) is 0 Å². The molecule has 6 heteroatoms. The van der Waals surface area contributed by atoms with E-state index in [2.05, 4.69) is 10.6 Å². The summed E-state index contributed by atoms with van der Waals surface area (Å²) in [5.74, 6) is 1.41. The van der Waals surface area contributed by atoms with Gasteiger partial charge in [0.1, 0.15) is 11.5 Å². The SMILES string of the molecule is COc1ccc(CC(=O)NCc2ccc(C(=O)Nc3ccc4c(c3)CCO4)cc2)cc1. The summed E-state index contributed by atoms with van der Waals surface area (Å²) in [6.07, 6.45) is 1.16. The first-order valence-corrected chi connectivity index (χ1v) is 10.2. The number of nitrogens with one attached hydrogen (secondary N) is 2. The number of carbonyl (C=O) groups is 2. The van der Waals surface area contributed by atoms with E-state index < -0.39 is 0 Å². The molecule has 0 radical (unpaired) electrons. The van der Waals surface area contributed by atoms with Gasteiger partial charge in [0.05, 0.1) is 20.1 Å². The van der Waals surface area contributed by atoms with Crippen molar-refractivity contribution in [3.63, 3.8) is 0 Å². The molecule has 0 aliphatic carbocycles. The van der Waals surface area contributed by atoms with Crippen molar-refractivity contribution in [2.75, 3.05) is 19.0 Å². The largest absolute Gasteiger partial charge is 0.497 e. The van der Waals surface area contributed by atoms with Gasteiger partial charge in [-0.3, -0.25) is 9.59 Å². The molecule has 158 valence electrons. The van der Waals surface area contributed by atoms with Crippen LogP contribution in [0, 0.1) is 0 Å². The minimum Gasteiger partial charge on any atom is -0.497 e. The third-order valence-electron chi connectivity index (χ3n) is 5.18. The fraction of sp³-hybridized carbons (Fsp3) is 0.200. The Labute approximate surface area is 181 Å². The van der Waals surface area contributed by atoms with Gasteiger partial charge in [-0.1, -0.05) is 24.3 Å². The van der Waals surface area contributed by atoms with Crippen molar-refractivity contribution >= 4 is 17.5 Å². The van der Waals surface area contributed by atoms with Crippen LogP contribution in [0.15, 0.2) is 66.7 Å². The third kappa shape index (κ3) is 5.22. The fourth-order valence-corrected chi connectivity index (χ4v) is 3.43. The molecular weight excluding hydrogens is 392 g/mol. The van der Waals surface area contributed by atoms with Crippen molar-refractivity contribution < 1.29 is 19.1 Å². The maximum atomic E-state index is 12.5. The van der Waals surface area contributed by atoms with Crippen molar-refractivity contribution in [3.05, 3.63) is 89.0 Å². The highest BCUT2D eigenvalue weighted by Gasteiger charge is 2.13. The van der Waals surface area contributed by atoms with Crippen molar-refractivity contribution in [1.82, 2.24) is 5.32 Å². The zero-order valence-corrected chi connectivity index (χ0v) is 17.3. The number of methoxy groups -OCH3 is 1. The third-order valence-corrected chi connectivity index (χ3v) is 5.18. The van der Waals surface area contributed by atoms with Gasteiger partial charge in [0.25, 0.3) is 5.91 Å². The second-order valence-electron chi connectivity index (χ2n) is 7.37. The van der Waals surface area contributed by atoms with Gasteiger partial charge in [-0.25, -0.2) is 0 Å².